The summed E-state index contributed by atoms with van der Waals surface area (Å²) < 4.78 is 68.6. The zero-order valence-electron chi connectivity index (χ0n) is 15.8. The third-order valence-electron chi connectivity index (χ3n) is 3.73. The molecular formula is C16H11N3Na2O7S2. The second kappa shape index (κ2) is 10.0. The van der Waals surface area contributed by atoms with Gasteiger partial charge >= 0.3 is 59.1 Å². The second-order valence-electron chi connectivity index (χ2n) is 5.63. The van der Waals surface area contributed by atoms with Crippen LogP contribution in [-0.2, 0) is 20.2 Å². The maximum absolute atomic E-state index is 11.6. The molecule has 14 heteroatoms. The fourth-order valence-electron chi connectivity index (χ4n) is 2.53. The van der Waals surface area contributed by atoms with E-state index >= 15 is 0 Å². The number of azo groups is 1. The van der Waals surface area contributed by atoms with E-state index in [9.17, 15) is 31.0 Å². The maximum atomic E-state index is 11.6. The van der Waals surface area contributed by atoms with Gasteiger partial charge in [-0.15, -0.1) is 5.11 Å². The number of phenolic OH excluding ortho intramolecular Hbond substituents is 1. The van der Waals surface area contributed by atoms with Crippen LogP contribution in [0, 0.1) is 0 Å². The normalized spacial score (nSPS) is 11.8. The van der Waals surface area contributed by atoms with E-state index < -0.39 is 41.5 Å². The topological polar surface area (TPSA) is 185 Å². The number of anilines is 1. The number of hydrogen-bond acceptors (Lipinski definition) is 10. The van der Waals surface area contributed by atoms with Gasteiger partial charge in [0.1, 0.15) is 25.9 Å². The van der Waals surface area contributed by atoms with Crippen molar-refractivity contribution in [3.63, 3.8) is 0 Å². The van der Waals surface area contributed by atoms with Crippen LogP contribution in [-0.4, -0.2) is 31.0 Å². The first-order valence-corrected chi connectivity index (χ1v) is 10.3. The van der Waals surface area contributed by atoms with Gasteiger partial charge in [-0.3, -0.25) is 0 Å². The number of nitrogen functional groups attached to an aromatic ring is 1. The molecule has 146 valence electrons. The molecule has 0 aliphatic rings. The standard InChI is InChI=1S/C16H13N3O7S2.2Na/c17-12-8-11(27(21,22)23)6-9-7-13(28(24,25)26)15(16(20)14(9)12)19-18-10-4-2-1-3-5-10;;/h1-8,20H,17H2,(H,21,22,23)(H,24,25,26);;/q;2*+1/p-2. The molecule has 10 nitrogen and oxygen atoms in total. The van der Waals surface area contributed by atoms with Crippen LogP contribution in [0.3, 0.4) is 0 Å². The van der Waals surface area contributed by atoms with Gasteiger partial charge in [0.2, 0.25) is 0 Å². The fourth-order valence-corrected chi connectivity index (χ4v) is 3.71. The van der Waals surface area contributed by atoms with Crippen molar-refractivity contribution in [2.45, 2.75) is 9.79 Å². The molecular weight excluding hydrogens is 456 g/mol. The number of nitrogens with zero attached hydrogens (tertiary/aromatic N) is 2. The zero-order chi connectivity index (χ0) is 20.7. The Kier molecular flexibility index (Phi) is 9.03. The van der Waals surface area contributed by atoms with Crippen LogP contribution < -0.4 is 64.8 Å². The van der Waals surface area contributed by atoms with E-state index in [1.807, 2.05) is 0 Å². The van der Waals surface area contributed by atoms with Crippen LogP contribution in [0.1, 0.15) is 0 Å². The van der Waals surface area contributed by atoms with Gasteiger partial charge in [0.15, 0.2) is 5.75 Å². The van der Waals surface area contributed by atoms with E-state index in [0.717, 1.165) is 18.2 Å². The molecule has 0 unspecified atom stereocenters. The Morgan fingerprint density at radius 3 is 2.00 bits per heavy atom. The minimum Gasteiger partial charge on any atom is -0.744 e. The Bertz CT molecular complexity index is 1330. The van der Waals surface area contributed by atoms with Crippen LogP contribution in [0.2, 0.25) is 0 Å². The SMILES string of the molecule is Nc1cc(S(=O)(=O)[O-])cc2cc(S(=O)(=O)[O-])c(N=Nc3ccccc3)c(O)c12.[Na+].[Na+]. The summed E-state index contributed by atoms with van der Waals surface area (Å²) in [6.07, 6.45) is 0. The van der Waals surface area contributed by atoms with Crippen molar-refractivity contribution in [3.05, 3.63) is 48.5 Å². The van der Waals surface area contributed by atoms with Crippen molar-refractivity contribution in [1.82, 2.24) is 0 Å². The first-order chi connectivity index (χ1) is 13.0. The molecule has 0 heterocycles. The first kappa shape index (κ1) is 27.0. The third kappa shape index (κ3) is 5.79. The minimum atomic E-state index is -5.15. The van der Waals surface area contributed by atoms with Gasteiger partial charge in [0, 0.05) is 11.1 Å². The van der Waals surface area contributed by atoms with Gasteiger partial charge in [-0.2, -0.15) is 5.11 Å². The van der Waals surface area contributed by atoms with Crippen molar-refractivity contribution < 1.29 is 90.2 Å². The van der Waals surface area contributed by atoms with E-state index in [-0.39, 0.29) is 75.6 Å². The molecule has 0 bridgehead atoms. The van der Waals surface area contributed by atoms with E-state index in [1.165, 1.54) is 0 Å². The molecule has 0 spiro atoms. The van der Waals surface area contributed by atoms with Crippen LogP contribution in [0.4, 0.5) is 17.1 Å². The molecule has 0 atom stereocenters. The maximum Gasteiger partial charge on any atom is 1.00 e. The number of nitrogens with two attached hydrogens (primary N) is 1. The third-order valence-corrected chi connectivity index (χ3v) is 5.40. The predicted octanol–water partition coefficient (Wildman–Crippen LogP) is -3.64. The smallest absolute Gasteiger partial charge is 0.744 e. The van der Waals surface area contributed by atoms with E-state index in [0.29, 0.717) is 5.69 Å². The number of fused-ring (bicyclic) bond motifs is 1. The Balaban J connectivity index is 0.00000225. The molecule has 0 aromatic heterocycles. The molecule has 3 N–H and O–H groups in total. The van der Waals surface area contributed by atoms with Crippen LogP contribution in [0.25, 0.3) is 10.8 Å². The predicted molar refractivity (Wildman–Crippen MR) is 96.6 cm³/mol. The molecule has 3 aromatic carbocycles. The van der Waals surface area contributed by atoms with Crippen molar-refractivity contribution in [2.75, 3.05) is 5.73 Å². The van der Waals surface area contributed by atoms with Crippen LogP contribution >= 0.6 is 0 Å². The molecule has 0 saturated carbocycles. The molecule has 0 saturated heterocycles. The Morgan fingerprint density at radius 1 is 0.867 bits per heavy atom. The van der Waals surface area contributed by atoms with Gasteiger partial charge < -0.3 is 19.9 Å². The minimum absolute atomic E-state index is 0. The zero-order valence-corrected chi connectivity index (χ0v) is 21.4. The van der Waals surface area contributed by atoms with Crippen LogP contribution in [0.15, 0.2) is 68.6 Å². The van der Waals surface area contributed by atoms with Gasteiger partial charge in [-0.1, -0.05) is 18.2 Å². The number of rotatable bonds is 4. The molecule has 0 fully saturated rings. The number of phenols is 1. The molecule has 0 aliphatic carbocycles. The van der Waals surface area contributed by atoms with E-state index in [2.05, 4.69) is 10.2 Å². The fraction of sp³-hybridized carbons (Fsp3) is 0. The summed E-state index contributed by atoms with van der Waals surface area (Å²) in [7, 11) is -10.1. The Labute approximate surface area is 216 Å². The van der Waals surface area contributed by atoms with Crippen molar-refractivity contribution in [2.24, 2.45) is 10.2 Å². The average molecular weight is 467 g/mol. The number of benzene rings is 3. The number of aromatic hydroxyl groups is 1. The monoisotopic (exact) mass is 467 g/mol. The van der Waals surface area contributed by atoms with Crippen molar-refractivity contribution in [3.8, 4) is 5.75 Å². The molecule has 3 rings (SSSR count). The summed E-state index contributed by atoms with van der Waals surface area (Å²) in [5, 5.41) is 17.5. The van der Waals surface area contributed by atoms with Gasteiger partial charge in [0.25, 0.3) is 0 Å². The summed E-state index contributed by atoms with van der Waals surface area (Å²) in [5.41, 5.74) is 5.06. The van der Waals surface area contributed by atoms with Gasteiger partial charge in [-0.25, -0.2) is 16.8 Å². The molecule has 0 aliphatic heterocycles. The average Bonchev–Trinajstić information content (AvgIpc) is 2.59. The summed E-state index contributed by atoms with van der Waals surface area (Å²) >= 11 is 0. The second-order valence-corrected chi connectivity index (χ2v) is 8.35. The van der Waals surface area contributed by atoms with Crippen LogP contribution in [0.5, 0.6) is 5.75 Å². The quantitative estimate of drug-likeness (QED) is 0.170. The molecule has 3 aromatic rings. The first-order valence-electron chi connectivity index (χ1n) is 7.46. The largest absolute Gasteiger partial charge is 1.00 e. The number of hydrogen-bond donors (Lipinski definition) is 2. The molecule has 0 radical (unpaired) electrons. The van der Waals surface area contributed by atoms with E-state index in [1.54, 1.807) is 30.3 Å². The Hall–Kier alpha value is -1.06. The van der Waals surface area contributed by atoms with Crippen molar-refractivity contribution in [1.29, 1.82) is 0 Å². The summed E-state index contributed by atoms with van der Waals surface area (Å²) in [6, 6.07) is 10.5. The summed E-state index contributed by atoms with van der Waals surface area (Å²) in [5.74, 6) is -0.793. The molecule has 0 amide bonds. The Morgan fingerprint density at radius 2 is 1.47 bits per heavy atom. The molecule has 30 heavy (non-hydrogen) atoms. The van der Waals surface area contributed by atoms with E-state index in [4.69, 9.17) is 5.73 Å². The van der Waals surface area contributed by atoms with Crippen molar-refractivity contribution >= 4 is 48.1 Å². The summed E-state index contributed by atoms with van der Waals surface area (Å²) in [4.78, 5) is -1.69. The summed E-state index contributed by atoms with van der Waals surface area (Å²) in [6.45, 7) is 0. The van der Waals surface area contributed by atoms with Gasteiger partial charge in [-0.05, 0) is 35.7 Å². The van der Waals surface area contributed by atoms with Gasteiger partial charge in [0.05, 0.1) is 15.5 Å².